The van der Waals surface area contributed by atoms with Crippen LogP contribution in [0.25, 0.3) is 0 Å². The molecule has 0 unspecified atom stereocenters. The van der Waals surface area contributed by atoms with Gasteiger partial charge in [-0.1, -0.05) is 30.3 Å². The van der Waals surface area contributed by atoms with E-state index in [1.54, 1.807) is 6.20 Å². The Labute approximate surface area is 122 Å². The Morgan fingerprint density at radius 3 is 2.74 bits per heavy atom. The van der Waals surface area contributed by atoms with Gasteiger partial charge in [-0.2, -0.15) is 0 Å². The van der Waals surface area contributed by atoms with E-state index in [1.807, 2.05) is 30.3 Å². The van der Waals surface area contributed by atoms with Crippen molar-refractivity contribution in [1.29, 1.82) is 0 Å². The highest BCUT2D eigenvalue weighted by Crippen LogP contribution is 2.15. The standard InChI is InChI=1S/C13H14N2O2S.ClH/c14-7-6-12-15-8-11(18-12)13(16)17-9-10-4-2-1-3-5-10;/h1-5,8H,6-7,9,14H2;1H. The Balaban J connectivity index is 0.00000180. The molecule has 0 saturated carbocycles. The second kappa shape index (κ2) is 7.89. The van der Waals surface area contributed by atoms with Crippen molar-refractivity contribution in [2.45, 2.75) is 13.0 Å². The van der Waals surface area contributed by atoms with Crippen molar-refractivity contribution >= 4 is 29.7 Å². The minimum absolute atomic E-state index is 0. The fraction of sp³-hybridized carbons (Fsp3) is 0.231. The highest BCUT2D eigenvalue weighted by Gasteiger charge is 2.11. The van der Waals surface area contributed by atoms with Gasteiger partial charge in [-0.25, -0.2) is 9.78 Å². The second-order valence-electron chi connectivity index (χ2n) is 3.72. The number of nitrogens with two attached hydrogens (primary N) is 1. The molecule has 0 atom stereocenters. The van der Waals surface area contributed by atoms with Crippen LogP contribution in [-0.2, 0) is 17.8 Å². The quantitative estimate of drug-likeness (QED) is 0.861. The molecule has 0 aliphatic heterocycles. The number of hydrogen-bond donors (Lipinski definition) is 1. The highest BCUT2D eigenvalue weighted by molar-refractivity contribution is 7.13. The van der Waals surface area contributed by atoms with Crippen molar-refractivity contribution in [2.75, 3.05) is 6.54 Å². The molecule has 0 radical (unpaired) electrons. The van der Waals surface area contributed by atoms with Gasteiger partial charge in [-0.05, 0) is 12.1 Å². The smallest absolute Gasteiger partial charge is 0.350 e. The number of ether oxygens (including phenoxy) is 1. The van der Waals surface area contributed by atoms with E-state index in [-0.39, 0.29) is 25.0 Å². The van der Waals surface area contributed by atoms with Gasteiger partial charge in [0.25, 0.3) is 0 Å². The van der Waals surface area contributed by atoms with Crippen molar-refractivity contribution in [3.05, 3.63) is 52.0 Å². The summed E-state index contributed by atoms with van der Waals surface area (Å²) >= 11 is 1.34. The molecular weight excluding hydrogens is 284 g/mol. The zero-order valence-corrected chi connectivity index (χ0v) is 11.9. The molecular formula is C13H15ClN2O2S. The molecule has 1 heterocycles. The lowest BCUT2D eigenvalue weighted by Crippen LogP contribution is -2.03. The SMILES string of the molecule is Cl.NCCc1ncc(C(=O)OCc2ccccc2)s1. The number of hydrogen-bond acceptors (Lipinski definition) is 5. The van der Waals surface area contributed by atoms with Crippen LogP contribution in [0.15, 0.2) is 36.5 Å². The molecule has 0 fully saturated rings. The lowest BCUT2D eigenvalue weighted by molar-refractivity contribution is 0.0478. The van der Waals surface area contributed by atoms with Crippen molar-refractivity contribution in [1.82, 2.24) is 4.98 Å². The summed E-state index contributed by atoms with van der Waals surface area (Å²) in [6.45, 7) is 0.815. The molecule has 19 heavy (non-hydrogen) atoms. The maximum Gasteiger partial charge on any atom is 0.350 e. The third-order valence-electron chi connectivity index (χ3n) is 2.33. The van der Waals surface area contributed by atoms with Crippen LogP contribution in [-0.4, -0.2) is 17.5 Å². The van der Waals surface area contributed by atoms with Crippen LogP contribution < -0.4 is 5.73 Å². The van der Waals surface area contributed by atoms with Gasteiger partial charge < -0.3 is 10.5 Å². The number of esters is 1. The molecule has 2 rings (SSSR count). The van der Waals surface area contributed by atoms with Gasteiger partial charge in [0.2, 0.25) is 0 Å². The Morgan fingerprint density at radius 2 is 2.05 bits per heavy atom. The Kier molecular flexibility index (Phi) is 6.49. The molecule has 0 aliphatic rings. The van der Waals surface area contributed by atoms with Gasteiger partial charge in [0, 0.05) is 6.42 Å². The summed E-state index contributed by atoms with van der Waals surface area (Å²) in [4.78, 5) is 16.4. The molecule has 6 heteroatoms. The average molecular weight is 299 g/mol. The van der Waals surface area contributed by atoms with Crippen LogP contribution in [0.4, 0.5) is 0 Å². The van der Waals surface area contributed by atoms with Gasteiger partial charge in [0.05, 0.1) is 11.2 Å². The lowest BCUT2D eigenvalue weighted by Gasteiger charge is -2.02. The minimum atomic E-state index is -0.334. The Morgan fingerprint density at radius 1 is 1.32 bits per heavy atom. The van der Waals surface area contributed by atoms with Crippen LogP contribution >= 0.6 is 23.7 Å². The number of carbonyl (C=O) groups is 1. The predicted molar refractivity (Wildman–Crippen MR) is 77.7 cm³/mol. The molecule has 2 N–H and O–H groups in total. The largest absolute Gasteiger partial charge is 0.457 e. The number of carbonyl (C=O) groups excluding carboxylic acids is 1. The van der Waals surface area contributed by atoms with E-state index in [1.165, 1.54) is 11.3 Å². The number of nitrogens with zero attached hydrogens (tertiary/aromatic N) is 1. The van der Waals surface area contributed by atoms with Gasteiger partial charge in [-0.3, -0.25) is 0 Å². The summed E-state index contributed by atoms with van der Waals surface area (Å²) in [6.07, 6.45) is 2.24. The van der Waals surface area contributed by atoms with Crippen LogP contribution in [0.5, 0.6) is 0 Å². The summed E-state index contributed by atoms with van der Waals surface area (Å²) in [5.74, 6) is -0.334. The molecule has 0 saturated heterocycles. The normalized spacial score (nSPS) is 9.74. The molecule has 0 bridgehead atoms. The van der Waals surface area contributed by atoms with Gasteiger partial charge >= 0.3 is 5.97 Å². The first-order chi connectivity index (χ1) is 8.79. The van der Waals surface area contributed by atoms with Crippen LogP contribution in [0.3, 0.4) is 0 Å². The molecule has 102 valence electrons. The first-order valence-electron chi connectivity index (χ1n) is 5.65. The van der Waals surface area contributed by atoms with E-state index in [0.717, 1.165) is 10.6 Å². The minimum Gasteiger partial charge on any atom is -0.457 e. The number of benzene rings is 1. The first-order valence-corrected chi connectivity index (χ1v) is 6.47. The van der Waals surface area contributed by atoms with E-state index in [4.69, 9.17) is 10.5 Å². The average Bonchev–Trinajstić information content (AvgIpc) is 2.86. The van der Waals surface area contributed by atoms with E-state index < -0.39 is 0 Å². The van der Waals surface area contributed by atoms with Crippen molar-refractivity contribution in [2.24, 2.45) is 5.73 Å². The Hall–Kier alpha value is -1.43. The van der Waals surface area contributed by atoms with Gasteiger partial charge in [0.1, 0.15) is 11.5 Å². The van der Waals surface area contributed by atoms with Gasteiger partial charge in [-0.15, -0.1) is 23.7 Å². The van der Waals surface area contributed by atoms with Crippen molar-refractivity contribution in [3.8, 4) is 0 Å². The van der Waals surface area contributed by atoms with E-state index in [0.29, 0.717) is 17.8 Å². The lowest BCUT2D eigenvalue weighted by atomic mass is 10.2. The van der Waals surface area contributed by atoms with Crippen molar-refractivity contribution in [3.63, 3.8) is 0 Å². The molecule has 1 aromatic heterocycles. The van der Waals surface area contributed by atoms with Crippen LogP contribution in [0.2, 0.25) is 0 Å². The number of halogens is 1. The first kappa shape index (κ1) is 15.6. The molecule has 4 nitrogen and oxygen atoms in total. The molecule has 2 aromatic rings. The summed E-state index contributed by atoms with van der Waals surface area (Å²) in [7, 11) is 0. The topological polar surface area (TPSA) is 65.2 Å². The van der Waals surface area contributed by atoms with E-state index in [2.05, 4.69) is 4.98 Å². The van der Waals surface area contributed by atoms with Crippen molar-refractivity contribution < 1.29 is 9.53 Å². The number of thiazole rings is 1. The molecule has 0 spiro atoms. The summed E-state index contributed by atoms with van der Waals surface area (Å²) < 4.78 is 5.21. The van der Waals surface area contributed by atoms with Gasteiger partial charge in [0.15, 0.2) is 0 Å². The molecule has 1 aromatic carbocycles. The maximum atomic E-state index is 11.8. The van der Waals surface area contributed by atoms with E-state index >= 15 is 0 Å². The summed E-state index contributed by atoms with van der Waals surface area (Å²) in [6, 6.07) is 9.58. The predicted octanol–water partition coefficient (Wildman–Crippen LogP) is 2.42. The summed E-state index contributed by atoms with van der Waals surface area (Å²) in [5, 5.41) is 0.865. The fourth-order valence-corrected chi connectivity index (χ4v) is 2.26. The highest BCUT2D eigenvalue weighted by atomic mass is 35.5. The van der Waals surface area contributed by atoms with Crippen LogP contribution in [0, 0.1) is 0 Å². The zero-order chi connectivity index (χ0) is 12.8. The number of aromatic nitrogens is 1. The number of rotatable bonds is 5. The molecule has 0 amide bonds. The Bertz CT molecular complexity index is 516. The fourth-order valence-electron chi connectivity index (χ4n) is 1.44. The monoisotopic (exact) mass is 298 g/mol. The zero-order valence-electron chi connectivity index (χ0n) is 10.2. The maximum absolute atomic E-state index is 11.8. The molecule has 0 aliphatic carbocycles. The van der Waals surface area contributed by atoms with Crippen LogP contribution in [0.1, 0.15) is 20.2 Å². The third kappa shape index (κ3) is 4.63. The van der Waals surface area contributed by atoms with E-state index in [9.17, 15) is 4.79 Å². The third-order valence-corrected chi connectivity index (χ3v) is 3.36. The summed E-state index contributed by atoms with van der Waals surface area (Å²) in [5.41, 5.74) is 6.40. The second-order valence-corrected chi connectivity index (χ2v) is 4.83.